The molecule has 0 saturated carbocycles. The van der Waals surface area contributed by atoms with Crippen molar-refractivity contribution in [3.05, 3.63) is 29.3 Å². The fourth-order valence-electron chi connectivity index (χ4n) is 4.66. The van der Waals surface area contributed by atoms with E-state index in [9.17, 15) is 36.3 Å². The lowest BCUT2D eigenvalue weighted by Crippen LogP contribution is -2.77. The summed E-state index contributed by atoms with van der Waals surface area (Å²) >= 11 is 0. The van der Waals surface area contributed by atoms with E-state index in [1.54, 1.807) is 13.8 Å². The molecular weight excluding hydrogens is 429 g/mol. The summed E-state index contributed by atoms with van der Waals surface area (Å²) in [6.07, 6.45) is -8.81. The van der Waals surface area contributed by atoms with E-state index in [4.69, 9.17) is 4.74 Å². The van der Waals surface area contributed by atoms with Crippen molar-refractivity contribution in [3.63, 3.8) is 0 Å². The third-order valence-corrected chi connectivity index (χ3v) is 6.02. The van der Waals surface area contributed by atoms with Crippen LogP contribution in [-0.4, -0.2) is 48.8 Å². The second-order valence-electron chi connectivity index (χ2n) is 8.25. The molecule has 0 aliphatic carbocycles. The second kappa shape index (κ2) is 6.87. The standard InChI is InChI=1S/C19H18F5N3O4/c1-7(2)13-14-18(15(28)25-17(30)26-16(18)29)5-8-3-9(20)10(21)4-11(8)27(14)6-12(31-13)19(22,23)24/h3-4,7,12-14H,5-6H2,1-2H3,(H2,25,26,28,29,30)/t12-,13?,14+/m0/s1. The molecule has 1 spiro atoms. The summed E-state index contributed by atoms with van der Waals surface area (Å²) in [6.45, 7) is 2.27. The first-order chi connectivity index (χ1) is 14.4. The van der Waals surface area contributed by atoms with Crippen molar-refractivity contribution in [2.75, 3.05) is 11.4 Å². The number of barbiturate groups is 1. The maximum absolute atomic E-state index is 14.0. The Hall–Kier alpha value is -2.76. The van der Waals surface area contributed by atoms with Gasteiger partial charge in [0.1, 0.15) is 0 Å². The molecule has 2 saturated heterocycles. The number of hydrogen-bond donors (Lipinski definition) is 2. The average molecular weight is 447 g/mol. The summed E-state index contributed by atoms with van der Waals surface area (Å²) in [5.41, 5.74) is -2.17. The van der Waals surface area contributed by atoms with Gasteiger partial charge in [-0.15, -0.1) is 0 Å². The molecule has 2 N–H and O–H groups in total. The third kappa shape index (κ3) is 3.15. The van der Waals surface area contributed by atoms with Gasteiger partial charge in [-0.25, -0.2) is 13.6 Å². The lowest BCUT2D eigenvalue weighted by atomic mass is 9.65. The molecule has 3 atom stereocenters. The Balaban J connectivity index is 1.96. The van der Waals surface area contributed by atoms with Crippen LogP contribution in [0.4, 0.5) is 32.4 Å². The number of carbonyl (C=O) groups is 3. The van der Waals surface area contributed by atoms with Gasteiger partial charge in [0.2, 0.25) is 11.8 Å². The number of benzene rings is 1. The maximum Gasteiger partial charge on any atom is 0.416 e. The van der Waals surface area contributed by atoms with Crippen LogP contribution >= 0.6 is 0 Å². The Morgan fingerprint density at radius 1 is 1.10 bits per heavy atom. The van der Waals surface area contributed by atoms with Crippen LogP contribution < -0.4 is 15.5 Å². The topological polar surface area (TPSA) is 87.7 Å². The number of halogens is 5. The molecule has 1 aromatic rings. The number of alkyl halides is 3. The molecule has 3 aliphatic rings. The number of urea groups is 1. The van der Waals surface area contributed by atoms with Gasteiger partial charge >= 0.3 is 12.2 Å². The average Bonchev–Trinajstić information content (AvgIpc) is 2.65. The Labute approximate surface area is 172 Å². The van der Waals surface area contributed by atoms with Crippen LogP contribution in [0, 0.1) is 23.0 Å². The van der Waals surface area contributed by atoms with Gasteiger partial charge in [-0.1, -0.05) is 13.8 Å². The monoisotopic (exact) mass is 447 g/mol. The lowest BCUT2D eigenvalue weighted by molar-refractivity contribution is -0.250. The van der Waals surface area contributed by atoms with E-state index < -0.39 is 78.2 Å². The summed E-state index contributed by atoms with van der Waals surface area (Å²) in [6, 6.07) is -0.863. The van der Waals surface area contributed by atoms with Crippen molar-refractivity contribution in [2.45, 2.75) is 44.7 Å². The fraction of sp³-hybridized carbons (Fsp3) is 0.526. The summed E-state index contributed by atoms with van der Waals surface area (Å²) in [5, 5.41) is 3.96. The minimum atomic E-state index is -4.78. The first-order valence-electron chi connectivity index (χ1n) is 9.50. The number of hydrogen-bond acceptors (Lipinski definition) is 5. The van der Waals surface area contributed by atoms with Gasteiger partial charge in [-0.3, -0.25) is 20.2 Å². The molecule has 168 valence electrons. The predicted molar refractivity (Wildman–Crippen MR) is 94.9 cm³/mol. The van der Waals surface area contributed by atoms with Crippen molar-refractivity contribution in [1.29, 1.82) is 0 Å². The van der Waals surface area contributed by atoms with Crippen molar-refractivity contribution in [2.24, 2.45) is 11.3 Å². The van der Waals surface area contributed by atoms with Crippen molar-refractivity contribution < 1.29 is 41.1 Å². The molecular formula is C19H18F5N3O4. The maximum atomic E-state index is 14.0. The largest absolute Gasteiger partial charge is 0.416 e. The van der Waals surface area contributed by atoms with Gasteiger partial charge in [-0.05, 0) is 17.5 Å². The van der Waals surface area contributed by atoms with Gasteiger partial charge in [0.15, 0.2) is 23.2 Å². The number of carbonyl (C=O) groups excluding carboxylic acids is 3. The Morgan fingerprint density at radius 3 is 2.23 bits per heavy atom. The predicted octanol–water partition coefficient (Wildman–Crippen LogP) is 2.03. The van der Waals surface area contributed by atoms with Crippen LogP contribution in [0.15, 0.2) is 12.1 Å². The number of amides is 4. The summed E-state index contributed by atoms with van der Waals surface area (Å²) in [7, 11) is 0. The first-order valence-corrected chi connectivity index (χ1v) is 9.50. The Morgan fingerprint density at radius 2 is 1.68 bits per heavy atom. The number of nitrogens with one attached hydrogen (secondary N) is 2. The summed E-state index contributed by atoms with van der Waals surface area (Å²) < 4.78 is 74.1. The molecule has 0 radical (unpaired) electrons. The number of fused-ring (bicyclic) bond motifs is 4. The number of ether oxygens (including phenoxy) is 1. The summed E-state index contributed by atoms with van der Waals surface area (Å²) in [4.78, 5) is 38.7. The van der Waals surface area contributed by atoms with Gasteiger partial charge in [0.25, 0.3) is 0 Å². The zero-order valence-electron chi connectivity index (χ0n) is 16.3. The Bertz CT molecular complexity index is 960. The molecule has 0 bridgehead atoms. The second-order valence-corrected chi connectivity index (χ2v) is 8.25. The molecule has 1 aromatic carbocycles. The van der Waals surface area contributed by atoms with Gasteiger partial charge in [0, 0.05) is 18.2 Å². The molecule has 12 heteroatoms. The smallest absolute Gasteiger partial charge is 0.361 e. The molecule has 1 unspecified atom stereocenters. The first kappa shape index (κ1) is 21.5. The fourth-order valence-corrected chi connectivity index (χ4v) is 4.66. The zero-order chi connectivity index (χ0) is 22.9. The minimum absolute atomic E-state index is 0.0277. The van der Waals surface area contributed by atoms with E-state index in [-0.39, 0.29) is 11.3 Å². The zero-order valence-corrected chi connectivity index (χ0v) is 16.3. The van der Waals surface area contributed by atoms with E-state index in [1.165, 1.54) is 0 Å². The highest BCUT2D eigenvalue weighted by Crippen LogP contribution is 2.49. The van der Waals surface area contributed by atoms with E-state index in [1.807, 2.05) is 10.6 Å². The van der Waals surface area contributed by atoms with Crippen LogP contribution in [0.5, 0.6) is 0 Å². The van der Waals surface area contributed by atoms with Crippen LogP contribution in [0.1, 0.15) is 19.4 Å². The van der Waals surface area contributed by atoms with Crippen LogP contribution in [0.25, 0.3) is 0 Å². The molecule has 7 nitrogen and oxygen atoms in total. The van der Waals surface area contributed by atoms with Crippen LogP contribution in [0.2, 0.25) is 0 Å². The molecule has 4 amide bonds. The SMILES string of the molecule is CC(C)C1O[C@H](C(F)(F)F)CN2c3cc(F)c(F)cc3CC3(C(=O)NC(=O)NC3=O)[C@@H]12. The normalized spacial score (nSPS) is 27.7. The van der Waals surface area contributed by atoms with E-state index in [0.717, 1.165) is 17.0 Å². The van der Waals surface area contributed by atoms with Crippen molar-refractivity contribution in [3.8, 4) is 0 Å². The van der Waals surface area contributed by atoms with Crippen molar-refractivity contribution in [1.82, 2.24) is 10.6 Å². The number of nitrogens with zero attached hydrogens (tertiary/aromatic N) is 1. The summed E-state index contributed by atoms with van der Waals surface area (Å²) in [5.74, 6) is -5.23. The quantitative estimate of drug-likeness (QED) is 0.508. The van der Waals surface area contributed by atoms with Gasteiger partial charge in [-0.2, -0.15) is 13.2 Å². The molecule has 31 heavy (non-hydrogen) atoms. The molecule has 3 aliphatic heterocycles. The van der Waals surface area contributed by atoms with Gasteiger partial charge in [0.05, 0.1) is 18.7 Å². The number of morpholine rings is 1. The highest BCUT2D eigenvalue weighted by molar-refractivity contribution is 6.20. The highest BCUT2D eigenvalue weighted by Gasteiger charge is 2.65. The molecule has 4 rings (SSSR count). The van der Waals surface area contributed by atoms with Crippen LogP contribution in [-0.2, 0) is 20.7 Å². The van der Waals surface area contributed by atoms with E-state index >= 15 is 0 Å². The van der Waals surface area contributed by atoms with Crippen LogP contribution in [0.3, 0.4) is 0 Å². The third-order valence-electron chi connectivity index (χ3n) is 6.02. The number of anilines is 1. The minimum Gasteiger partial charge on any atom is -0.361 e. The molecule has 3 heterocycles. The molecule has 2 fully saturated rings. The van der Waals surface area contributed by atoms with Crippen molar-refractivity contribution >= 4 is 23.5 Å². The highest BCUT2D eigenvalue weighted by atomic mass is 19.4. The van der Waals surface area contributed by atoms with Gasteiger partial charge < -0.3 is 9.64 Å². The lowest BCUT2D eigenvalue weighted by Gasteiger charge is -2.57. The van der Waals surface area contributed by atoms with E-state index in [2.05, 4.69) is 0 Å². The number of imide groups is 2. The Kier molecular flexibility index (Phi) is 4.76. The number of rotatable bonds is 1. The van der Waals surface area contributed by atoms with E-state index in [0.29, 0.717) is 0 Å². The molecule has 0 aromatic heterocycles.